The first-order chi connectivity index (χ1) is 12.2. The Balaban J connectivity index is 1.86. The zero-order valence-electron chi connectivity index (χ0n) is 15.1. The minimum absolute atomic E-state index is 0.420. The summed E-state index contributed by atoms with van der Waals surface area (Å²) in [5.41, 5.74) is -0.139. The number of rotatable bonds is 4. The topological polar surface area (TPSA) is 84.9 Å². The van der Waals surface area contributed by atoms with Gasteiger partial charge in [-0.2, -0.15) is 0 Å². The van der Waals surface area contributed by atoms with Crippen LogP contribution in [0.5, 0.6) is 0 Å². The summed E-state index contributed by atoms with van der Waals surface area (Å²) in [6, 6.07) is 5.91. The predicted molar refractivity (Wildman–Crippen MR) is 97.0 cm³/mol. The van der Waals surface area contributed by atoms with Crippen molar-refractivity contribution in [3.05, 3.63) is 29.3 Å². The number of anilines is 1. The molecule has 0 radical (unpaired) electrons. The fourth-order valence-electron chi connectivity index (χ4n) is 2.55. The second-order valence-electron chi connectivity index (χ2n) is 7.00. The van der Waals surface area contributed by atoms with Crippen LogP contribution in [-0.2, 0) is 19.1 Å². The molecule has 1 aliphatic heterocycles. The first kappa shape index (κ1) is 20.0. The van der Waals surface area contributed by atoms with E-state index in [2.05, 4.69) is 5.32 Å². The van der Waals surface area contributed by atoms with E-state index in [4.69, 9.17) is 21.1 Å². The molecule has 1 heterocycles. The van der Waals surface area contributed by atoms with E-state index in [-0.39, 0.29) is 0 Å². The van der Waals surface area contributed by atoms with Gasteiger partial charge in [-0.3, -0.25) is 9.69 Å². The normalized spacial score (nSPS) is 16.9. The molecule has 0 unspecified atom stereocenters. The van der Waals surface area contributed by atoms with Crippen molar-refractivity contribution in [3.8, 4) is 0 Å². The Morgan fingerprint density at radius 2 is 2.04 bits per heavy atom. The SMILES string of the molecule is CC(C)(C)OC(=O)N1CCC[C@H]1C(=O)OCC(=O)Nc1cccc(Cl)c1. The number of benzene rings is 1. The molecule has 1 aliphatic rings. The molecule has 1 fully saturated rings. The number of amides is 2. The van der Waals surface area contributed by atoms with Crippen molar-refractivity contribution in [3.63, 3.8) is 0 Å². The van der Waals surface area contributed by atoms with Crippen LogP contribution in [0.4, 0.5) is 10.5 Å². The maximum absolute atomic E-state index is 12.3. The molecule has 0 saturated carbocycles. The number of halogens is 1. The first-order valence-corrected chi connectivity index (χ1v) is 8.75. The van der Waals surface area contributed by atoms with Gasteiger partial charge in [-0.05, 0) is 51.8 Å². The van der Waals surface area contributed by atoms with Crippen LogP contribution in [0.2, 0.25) is 5.02 Å². The maximum Gasteiger partial charge on any atom is 0.411 e. The van der Waals surface area contributed by atoms with Gasteiger partial charge in [0, 0.05) is 17.3 Å². The Morgan fingerprint density at radius 3 is 2.69 bits per heavy atom. The van der Waals surface area contributed by atoms with E-state index in [0.29, 0.717) is 30.1 Å². The predicted octanol–water partition coefficient (Wildman–Crippen LogP) is 3.22. The third-order valence-corrected chi connectivity index (χ3v) is 3.84. The summed E-state index contributed by atoms with van der Waals surface area (Å²) in [7, 11) is 0. The summed E-state index contributed by atoms with van der Waals surface area (Å²) >= 11 is 5.85. The zero-order valence-corrected chi connectivity index (χ0v) is 15.8. The Morgan fingerprint density at radius 1 is 1.31 bits per heavy atom. The highest BCUT2D eigenvalue weighted by Crippen LogP contribution is 2.22. The van der Waals surface area contributed by atoms with Crippen LogP contribution in [0.25, 0.3) is 0 Å². The average molecular weight is 383 g/mol. The minimum Gasteiger partial charge on any atom is -0.454 e. The lowest BCUT2D eigenvalue weighted by Crippen LogP contribution is -2.44. The van der Waals surface area contributed by atoms with Gasteiger partial charge in [0.2, 0.25) is 0 Å². The van der Waals surface area contributed by atoms with E-state index in [0.717, 1.165) is 0 Å². The van der Waals surface area contributed by atoms with Crippen molar-refractivity contribution in [1.29, 1.82) is 0 Å². The molecule has 0 aliphatic carbocycles. The number of hydrogen-bond acceptors (Lipinski definition) is 5. The molecule has 2 rings (SSSR count). The Bertz CT molecular complexity index is 686. The van der Waals surface area contributed by atoms with Gasteiger partial charge in [0.15, 0.2) is 6.61 Å². The lowest BCUT2D eigenvalue weighted by atomic mass is 10.2. The van der Waals surface area contributed by atoms with Crippen LogP contribution in [0, 0.1) is 0 Å². The average Bonchev–Trinajstić information content (AvgIpc) is 3.01. The highest BCUT2D eigenvalue weighted by atomic mass is 35.5. The summed E-state index contributed by atoms with van der Waals surface area (Å²) in [6.07, 6.45) is 0.599. The number of carbonyl (C=O) groups excluding carboxylic acids is 3. The van der Waals surface area contributed by atoms with Gasteiger partial charge in [-0.1, -0.05) is 17.7 Å². The van der Waals surface area contributed by atoms with Crippen LogP contribution in [0.1, 0.15) is 33.6 Å². The van der Waals surface area contributed by atoms with Crippen molar-refractivity contribution in [2.24, 2.45) is 0 Å². The van der Waals surface area contributed by atoms with Crippen molar-refractivity contribution in [2.45, 2.75) is 45.3 Å². The Kier molecular flexibility index (Phi) is 6.47. The molecule has 0 bridgehead atoms. The van der Waals surface area contributed by atoms with Gasteiger partial charge in [0.05, 0.1) is 0 Å². The molecule has 1 N–H and O–H groups in total. The van der Waals surface area contributed by atoms with Gasteiger partial charge in [-0.15, -0.1) is 0 Å². The van der Waals surface area contributed by atoms with Crippen molar-refractivity contribution in [1.82, 2.24) is 4.90 Å². The number of ether oxygens (including phenoxy) is 2. The van der Waals surface area contributed by atoms with E-state index >= 15 is 0 Å². The van der Waals surface area contributed by atoms with Crippen LogP contribution >= 0.6 is 11.6 Å². The maximum atomic E-state index is 12.3. The van der Waals surface area contributed by atoms with Gasteiger partial charge in [-0.25, -0.2) is 9.59 Å². The van der Waals surface area contributed by atoms with Crippen LogP contribution in [-0.4, -0.2) is 47.7 Å². The molecule has 1 atom stereocenters. The molecule has 7 nitrogen and oxygen atoms in total. The second-order valence-corrected chi connectivity index (χ2v) is 7.43. The minimum atomic E-state index is -0.733. The van der Waals surface area contributed by atoms with E-state index in [1.807, 2.05) is 0 Å². The van der Waals surface area contributed by atoms with Crippen LogP contribution in [0.15, 0.2) is 24.3 Å². The van der Waals surface area contributed by atoms with Gasteiger partial charge < -0.3 is 14.8 Å². The lowest BCUT2D eigenvalue weighted by molar-refractivity contribution is -0.151. The molecule has 1 saturated heterocycles. The molecule has 1 aromatic rings. The quantitative estimate of drug-likeness (QED) is 0.808. The summed E-state index contributed by atoms with van der Waals surface area (Å²) in [4.78, 5) is 37.7. The highest BCUT2D eigenvalue weighted by molar-refractivity contribution is 6.30. The van der Waals surface area contributed by atoms with E-state index in [1.54, 1.807) is 45.0 Å². The smallest absolute Gasteiger partial charge is 0.411 e. The van der Waals surface area contributed by atoms with Crippen molar-refractivity contribution >= 4 is 35.3 Å². The van der Waals surface area contributed by atoms with Gasteiger partial charge in [0.1, 0.15) is 11.6 Å². The van der Waals surface area contributed by atoms with Crippen molar-refractivity contribution in [2.75, 3.05) is 18.5 Å². The second kappa shape index (κ2) is 8.40. The summed E-state index contributed by atoms with van der Waals surface area (Å²) < 4.78 is 10.4. The molecule has 0 aromatic heterocycles. The number of likely N-dealkylation sites (tertiary alicyclic amines) is 1. The molecule has 8 heteroatoms. The molecule has 0 spiro atoms. The van der Waals surface area contributed by atoms with E-state index < -0.39 is 36.2 Å². The molecular weight excluding hydrogens is 360 g/mol. The van der Waals surface area contributed by atoms with E-state index in [1.165, 1.54) is 4.90 Å². The van der Waals surface area contributed by atoms with Crippen molar-refractivity contribution < 1.29 is 23.9 Å². The number of esters is 1. The Hall–Kier alpha value is -2.28. The first-order valence-electron chi connectivity index (χ1n) is 8.37. The number of nitrogens with zero attached hydrogens (tertiary/aromatic N) is 1. The van der Waals surface area contributed by atoms with Gasteiger partial charge in [0.25, 0.3) is 5.91 Å². The standard InChI is InChI=1S/C18H23ClN2O5/c1-18(2,3)26-17(24)21-9-5-8-14(21)16(23)25-11-15(22)20-13-7-4-6-12(19)10-13/h4,6-7,10,14H,5,8-9,11H2,1-3H3,(H,20,22)/t14-/m0/s1. The lowest BCUT2D eigenvalue weighted by Gasteiger charge is -2.27. The molecule has 2 amide bonds. The Labute approximate surface area is 157 Å². The number of hydrogen-bond donors (Lipinski definition) is 1. The molecular formula is C18H23ClN2O5. The van der Waals surface area contributed by atoms with Crippen LogP contribution in [0.3, 0.4) is 0 Å². The largest absolute Gasteiger partial charge is 0.454 e. The third-order valence-electron chi connectivity index (χ3n) is 3.61. The zero-order chi connectivity index (χ0) is 19.3. The highest BCUT2D eigenvalue weighted by Gasteiger charge is 2.37. The molecule has 26 heavy (non-hydrogen) atoms. The molecule has 1 aromatic carbocycles. The summed E-state index contributed by atoms with van der Waals surface area (Å²) in [6.45, 7) is 5.25. The summed E-state index contributed by atoms with van der Waals surface area (Å²) in [5.74, 6) is -1.10. The van der Waals surface area contributed by atoms with E-state index in [9.17, 15) is 14.4 Å². The van der Waals surface area contributed by atoms with Gasteiger partial charge >= 0.3 is 12.1 Å². The number of nitrogens with one attached hydrogen (secondary N) is 1. The third kappa shape index (κ3) is 5.91. The summed E-state index contributed by atoms with van der Waals surface area (Å²) in [5, 5.41) is 3.07. The monoisotopic (exact) mass is 382 g/mol. The fourth-order valence-corrected chi connectivity index (χ4v) is 2.74. The number of carbonyl (C=O) groups is 3. The fraction of sp³-hybridized carbons (Fsp3) is 0.500. The molecule has 142 valence electrons. The van der Waals surface area contributed by atoms with Crippen LogP contribution < -0.4 is 5.32 Å².